The number of benzene rings is 1. The topological polar surface area (TPSA) is 76.1 Å². The maximum absolute atomic E-state index is 12.9. The van der Waals surface area contributed by atoms with Gasteiger partial charge in [0.1, 0.15) is 0 Å². The summed E-state index contributed by atoms with van der Waals surface area (Å²) in [5.74, 6) is -0.830. The third-order valence-electron chi connectivity index (χ3n) is 4.71. The Balaban J connectivity index is 2.25. The zero-order chi connectivity index (χ0) is 19.3. The van der Waals surface area contributed by atoms with Gasteiger partial charge in [0, 0.05) is 18.2 Å². The monoisotopic (exact) mass is 383 g/mol. The minimum absolute atomic E-state index is 0.0247. The number of nitrogens with zero attached hydrogens (tertiary/aromatic N) is 1. The van der Waals surface area contributed by atoms with Gasteiger partial charge in [-0.3, -0.25) is 9.59 Å². The fourth-order valence-corrected chi connectivity index (χ4v) is 3.32. The van der Waals surface area contributed by atoms with Crippen molar-refractivity contribution >= 4 is 23.5 Å². The summed E-state index contributed by atoms with van der Waals surface area (Å²) in [4.78, 5) is 25.8. The quantitative estimate of drug-likeness (QED) is 0.723. The minimum atomic E-state index is -0.870. The minimum Gasteiger partial charge on any atom is -0.493 e. The summed E-state index contributed by atoms with van der Waals surface area (Å²) < 4.78 is 11.0. The Morgan fingerprint density at radius 1 is 1.35 bits per heavy atom. The molecule has 7 heteroatoms. The van der Waals surface area contributed by atoms with Crippen LogP contribution in [0, 0.1) is 5.92 Å². The molecule has 0 spiro atoms. The van der Waals surface area contributed by atoms with E-state index in [2.05, 4.69) is 6.92 Å². The smallest absolute Gasteiger partial charge is 0.308 e. The molecule has 1 aliphatic rings. The van der Waals surface area contributed by atoms with Crippen LogP contribution in [-0.4, -0.2) is 48.2 Å². The number of likely N-dealkylation sites (tertiary alicyclic amines) is 1. The third-order valence-corrected chi connectivity index (χ3v) is 4.99. The van der Waals surface area contributed by atoms with E-state index in [1.54, 1.807) is 17.0 Å². The molecule has 1 aliphatic heterocycles. The van der Waals surface area contributed by atoms with E-state index < -0.39 is 11.9 Å². The lowest BCUT2D eigenvalue weighted by Crippen LogP contribution is -2.47. The predicted molar refractivity (Wildman–Crippen MR) is 99.3 cm³/mol. The van der Waals surface area contributed by atoms with Gasteiger partial charge in [0.05, 0.1) is 24.7 Å². The largest absolute Gasteiger partial charge is 0.493 e. The number of carbonyl (C=O) groups is 2. The lowest BCUT2D eigenvalue weighted by molar-refractivity contribution is -0.143. The van der Waals surface area contributed by atoms with Crippen molar-refractivity contribution in [1.29, 1.82) is 0 Å². The predicted octanol–water partition coefficient (Wildman–Crippen LogP) is 3.85. The molecule has 0 saturated carbocycles. The highest BCUT2D eigenvalue weighted by molar-refractivity contribution is 6.32. The summed E-state index contributed by atoms with van der Waals surface area (Å²) in [5, 5.41) is 9.57. The van der Waals surface area contributed by atoms with Crippen molar-refractivity contribution in [1.82, 2.24) is 4.90 Å². The standard InChI is InChI=1S/C19H26ClNO5/c1-4-5-8-26-17-15(20)9-14(10-16(17)25-3)18(22)21-11-13(19(23)24)7-6-12(21)2/h9-10,12-13H,4-8,11H2,1-3H3,(H,23,24). The van der Waals surface area contributed by atoms with Crippen LogP contribution in [0.25, 0.3) is 0 Å². The molecule has 0 aromatic heterocycles. The number of halogens is 1. The van der Waals surface area contributed by atoms with Crippen LogP contribution in [0.2, 0.25) is 5.02 Å². The van der Waals surface area contributed by atoms with E-state index in [1.807, 2.05) is 6.92 Å². The SMILES string of the molecule is CCCCOc1c(Cl)cc(C(=O)N2CC(C(=O)O)CCC2C)cc1OC. The Labute approximate surface area is 159 Å². The maximum Gasteiger partial charge on any atom is 0.308 e. The van der Waals surface area contributed by atoms with Crippen LogP contribution < -0.4 is 9.47 Å². The second-order valence-corrected chi connectivity index (χ2v) is 7.02. The molecule has 2 unspecified atom stereocenters. The molecular formula is C19H26ClNO5. The number of aliphatic carboxylic acids is 1. The van der Waals surface area contributed by atoms with Gasteiger partial charge in [0.15, 0.2) is 11.5 Å². The lowest BCUT2D eigenvalue weighted by atomic mass is 9.93. The van der Waals surface area contributed by atoms with Crippen LogP contribution in [0.3, 0.4) is 0 Å². The number of ether oxygens (including phenoxy) is 2. The Morgan fingerprint density at radius 3 is 2.69 bits per heavy atom. The van der Waals surface area contributed by atoms with Crippen LogP contribution in [0.15, 0.2) is 12.1 Å². The van der Waals surface area contributed by atoms with Gasteiger partial charge in [-0.1, -0.05) is 24.9 Å². The van der Waals surface area contributed by atoms with Crippen LogP contribution in [-0.2, 0) is 4.79 Å². The second-order valence-electron chi connectivity index (χ2n) is 6.61. The third kappa shape index (κ3) is 4.61. The highest BCUT2D eigenvalue weighted by atomic mass is 35.5. The van der Waals surface area contributed by atoms with Gasteiger partial charge in [-0.2, -0.15) is 0 Å². The summed E-state index contributed by atoms with van der Waals surface area (Å²) in [6.45, 7) is 4.71. The van der Waals surface area contributed by atoms with E-state index in [1.165, 1.54) is 7.11 Å². The molecule has 2 rings (SSSR count). The Morgan fingerprint density at radius 2 is 2.08 bits per heavy atom. The van der Waals surface area contributed by atoms with Crippen molar-refractivity contribution in [2.45, 2.75) is 45.6 Å². The zero-order valence-electron chi connectivity index (χ0n) is 15.5. The van der Waals surface area contributed by atoms with Crippen LogP contribution in [0.1, 0.15) is 49.9 Å². The molecule has 1 fully saturated rings. The van der Waals surface area contributed by atoms with E-state index in [9.17, 15) is 14.7 Å². The first kappa shape index (κ1) is 20.4. The molecule has 0 bridgehead atoms. The summed E-state index contributed by atoms with van der Waals surface area (Å²) in [6.07, 6.45) is 3.12. The first-order valence-electron chi connectivity index (χ1n) is 8.93. The zero-order valence-corrected chi connectivity index (χ0v) is 16.2. The maximum atomic E-state index is 12.9. The Bertz CT molecular complexity index is 664. The molecule has 6 nitrogen and oxygen atoms in total. The first-order chi connectivity index (χ1) is 12.4. The Kier molecular flexibility index (Phi) is 7.14. The summed E-state index contributed by atoms with van der Waals surface area (Å²) in [6, 6.07) is 3.14. The van der Waals surface area contributed by atoms with E-state index in [0.717, 1.165) is 12.8 Å². The van der Waals surface area contributed by atoms with Crippen LogP contribution in [0.5, 0.6) is 11.5 Å². The van der Waals surface area contributed by atoms with Crippen LogP contribution in [0.4, 0.5) is 0 Å². The molecule has 1 heterocycles. The van der Waals surface area contributed by atoms with Crippen molar-refractivity contribution in [2.75, 3.05) is 20.3 Å². The molecule has 144 valence electrons. The normalized spacial score (nSPS) is 19.9. The van der Waals surface area contributed by atoms with Crippen molar-refractivity contribution in [3.8, 4) is 11.5 Å². The van der Waals surface area contributed by atoms with Crippen LogP contribution >= 0.6 is 11.6 Å². The van der Waals surface area contributed by atoms with Gasteiger partial charge in [-0.05, 0) is 38.3 Å². The molecular weight excluding hydrogens is 358 g/mol. The van der Waals surface area contributed by atoms with Gasteiger partial charge < -0.3 is 19.5 Å². The fourth-order valence-electron chi connectivity index (χ4n) is 3.06. The lowest BCUT2D eigenvalue weighted by Gasteiger charge is -2.36. The summed E-state index contributed by atoms with van der Waals surface area (Å²) >= 11 is 6.32. The number of rotatable bonds is 7. The molecule has 2 atom stereocenters. The number of amides is 1. The van der Waals surface area contributed by atoms with Gasteiger partial charge >= 0.3 is 5.97 Å². The average molecular weight is 384 g/mol. The van der Waals surface area contributed by atoms with Crippen molar-refractivity contribution in [3.05, 3.63) is 22.7 Å². The molecule has 0 aliphatic carbocycles. The van der Waals surface area contributed by atoms with E-state index in [0.29, 0.717) is 41.5 Å². The van der Waals surface area contributed by atoms with Crippen molar-refractivity contribution < 1.29 is 24.2 Å². The fraction of sp³-hybridized carbons (Fsp3) is 0.579. The van der Waals surface area contributed by atoms with Crippen molar-refractivity contribution in [2.24, 2.45) is 5.92 Å². The number of methoxy groups -OCH3 is 1. The Hall–Kier alpha value is -1.95. The van der Waals surface area contributed by atoms with Gasteiger partial charge in [0.2, 0.25) is 0 Å². The highest BCUT2D eigenvalue weighted by Crippen LogP contribution is 2.37. The first-order valence-corrected chi connectivity index (χ1v) is 9.30. The molecule has 1 amide bonds. The molecule has 26 heavy (non-hydrogen) atoms. The molecule has 1 aromatic carbocycles. The number of piperidine rings is 1. The molecule has 1 N–H and O–H groups in total. The van der Waals surface area contributed by atoms with Gasteiger partial charge in [-0.25, -0.2) is 0 Å². The van der Waals surface area contributed by atoms with E-state index in [4.69, 9.17) is 21.1 Å². The van der Waals surface area contributed by atoms with E-state index >= 15 is 0 Å². The van der Waals surface area contributed by atoms with Crippen molar-refractivity contribution in [3.63, 3.8) is 0 Å². The number of carboxylic acid groups (broad SMARTS) is 1. The van der Waals surface area contributed by atoms with E-state index in [-0.39, 0.29) is 18.5 Å². The number of hydrogen-bond donors (Lipinski definition) is 1. The molecule has 0 radical (unpaired) electrons. The number of carboxylic acids is 1. The number of hydrogen-bond acceptors (Lipinski definition) is 4. The van der Waals surface area contributed by atoms with Gasteiger partial charge in [-0.15, -0.1) is 0 Å². The average Bonchev–Trinajstić information content (AvgIpc) is 2.62. The number of carbonyl (C=O) groups excluding carboxylic acids is 1. The summed E-state index contributed by atoms with van der Waals surface area (Å²) in [5.41, 5.74) is 0.368. The molecule has 1 saturated heterocycles. The van der Waals surface area contributed by atoms with Gasteiger partial charge in [0.25, 0.3) is 5.91 Å². The summed E-state index contributed by atoms with van der Waals surface area (Å²) in [7, 11) is 1.50. The molecule has 1 aromatic rings. The number of unbranched alkanes of at least 4 members (excludes halogenated alkanes) is 1. The highest BCUT2D eigenvalue weighted by Gasteiger charge is 2.33. The second kappa shape index (κ2) is 9.12.